The maximum atomic E-state index is 9.74. The number of aromatic hydroxyl groups is 2. The van der Waals surface area contributed by atoms with Crippen LogP contribution < -0.4 is 0 Å². The first kappa shape index (κ1) is 8.85. The fraction of sp³-hybridized carbons (Fsp3) is 0.100. The maximum absolute atomic E-state index is 9.74. The highest BCUT2D eigenvalue weighted by atomic mass is 32.1. The molecule has 0 bridgehead atoms. The zero-order valence-electron chi connectivity index (χ0n) is 7.19. The fourth-order valence-electron chi connectivity index (χ4n) is 1.34. The van der Waals surface area contributed by atoms with Gasteiger partial charge in [0, 0.05) is 10.9 Å². The highest BCUT2D eigenvalue weighted by molar-refractivity contribution is 7.21. The number of thiophene rings is 1. The van der Waals surface area contributed by atoms with Crippen molar-refractivity contribution in [3.8, 4) is 16.9 Å². The van der Waals surface area contributed by atoms with Crippen LogP contribution in [0.3, 0.4) is 0 Å². The van der Waals surface area contributed by atoms with Crippen molar-refractivity contribution in [1.82, 2.24) is 0 Å². The van der Waals surface area contributed by atoms with E-state index >= 15 is 0 Å². The van der Waals surface area contributed by atoms with E-state index in [9.17, 15) is 10.2 Å². The monoisotopic (exact) mass is 205 g/mol. The number of fused-ring (bicyclic) bond motifs is 1. The van der Waals surface area contributed by atoms with Crippen LogP contribution in [0.15, 0.2) is 18.2 Å². The summed E-state index contributed by atoms with van der Waals surface area (Å²) in [5.74, 6) is 0.106. The number of benzene rings is 1. The third-order valence-electron chi connectivity index (χ3n) is 2.00. The highest BCUT2D eigenvalue weighted by Gasteiger charge is 2.09. The van der Waals surface area contributed by atoms with Gasteiger partial charge in [0.05, 0.1) is 17.2 Å². The SMILES string of the molecule is N#CCc1ccc2cc(O)sc2c1O. The Bertz CT molecular complexity index is 525. The molecule has 0 aliphatic rings. The molecule has 2 N–H and O–H groups in total. The van der Waals surface area contributed by atoms with E-state index in [1.54, 1.807) is 18.2 Å². The van der Waals surface area contributed by atoms with E-state index in [1.165, 1.54) is 0 Å². The molecule has 0 amide bonds. The second kappa shape index (κ2) is 3.20. The zero-order valence-corrected chi connectivity index (χ0v) is 8.01. The number of nitrogens with zero attached hydrogens (tertiary/aromatic N) is 1. The van der Waals surface area contributed by atoms with E-state index in [4.69, 9.17) is 5.26 Å². The van der Waals surface area contributed by atoms with Crippen molar-refractivity contribution in [2.24, 2.45) is 0 Å². The Hall–Kier alpha value is -1.73. The van der Waals surface area contributed by atoms with Crippen molar-refractivity contribution in [2.45, 2.75) is 6.42 Å². The van der Waals surface area contributed by atoms with Gasteiger partial charge in [-0.05, 0) is 6.07 Å². The minimum Gasteiger partial charge on any atom is -0.506 e. The van der Waals surface area contributed by atoms with Gasteiger partial charge in [-0.25, -0.2) is 0 Å². The molecule has 70 valence electrons. The number of phenols is 1. The minimum atomic E-state index is 0.106. The lowest BCUT2D eigenvalue weighted by molar-refractivity contribution is 0.477. The molecule has 2 rings (SSSR count). The molecule has 14 heavy (non-hydrogen) atoms. The summed E-state index contributed by atoms with van der Waals surface area (Å²) in [6.45, 7) is 0. The molecule has 1 heterocycles. The molecule has 0 unspecified atom stereocenters. The molecule has 0 fully saturated rings. The predicted octanol–water partition coefficient (Wildman–Crippen LogP) is 2.38. The number of rotatable bonds is 1. The van der Waals surface area contributed by atoms with Crippen molar-refractivity contribution in [1.29, 1.82) is 5.26 Å². The smallest absolute Gasteiger partial charge is 0.172 e. The van der Waals surface area contributed by atoms with Crippen molar-refractivity contribution in [3.63, 3.8) is 0 Å². The molecule has 1 aromatic carbocycles. The molecule has 0 saturated heterocycles. The Morgan fingerprint density at radius 1 is 1.36 bits per heavy atom. The standard InChI is InChI=1S/C10H7NO2S/c11-4-3-6-1-2-7-5-8(12)14-10(7)9(6)13/h1-2,5,12-13H,3H2. The summed E-state index contributed by atoms with van der Waals surface area (Å²) < 4.78 is 0.634. The predicted molar refractivity (Wildman–Crippen MR) is 54.5 cm³/mol. The highest BCUT2D eigenvalue weighted by Crippen LogP contribution is 2.38. The van der Waals surface area contributed by atoms with Gasteiger partial charge in [0.25, 0.3) is 0 Å². The summed E-state index contributed by atoms with van der Waals surface area (Å²) >= 11 is 1.11. The lowest BCUT2D eigenvalue weighted by Crippen LogP contribution is -1.81. The summed E-state index contributed by atoms with van der Waals surface area (Å²) in [5.41, 5.74) is 0.599. The van der Waals surface area contributed by atoms with Gasteiger partial charge >= 0.3 is 0 Å². The van der Waals surface area contributed by atoms with Gasteiger partial charge in [0.15, 0.2) is 5.06 Å². The van der Waals surface area contributed by atoms with Gasteiger partial charge in [0.2, 0.25) is 0 Å². The Kier molecular flexibility index (Phi) is 2.02. The number of phenolic OH excluding ortho intramolecular Hbond substituents is 1. The lowest BCUT2D eigenvalue weighted by atomic mass is 10.1. The number of hydrogen-bond acceptors (Lipinski definition) is 4. The van der Waals surface area contributed by atoms with Crippen LogP contribution in [0, 0.1) is 11.3 Å². The van der Waals surface area contributed by atoms with Gasteiger partial charge in [-0.1, -0.05) is 23.5 Å². The van der Waals surface area contributed by atoms with Crippen molar-refractivity contribution < 1.29 is 10.2 Å². The topological polar surface area (TPSA) is 64.2 Å². The van der Waals surface area contributed by atoms with E-state index in [2.05, 4.69) is 0 Å². The minimum absolute atomic E-state index is 0.106. The zero-order chi connectivity index (χ0) is 10.1. The van der Waals surface area contributed by atoms with Crippen LogP contribution in [0.1, 0.15) is 5.56 Å². The van der Waals surface area contributed by atoms with Crippen molar-refractivity contribution in [3.05, 3.63) is 23.8 Å². The van der Waals surface area contributed by atoms with E-state index in [-0.39, 0.29) is 17.2 Å². The van der Waals surface area contributed by atoms with E-state index in [0.29, 0.717) is 10.3 Å². The van der Waals surface area contributed by atoms with E-state index in [1.807, 2.05) is 6.07 Å². The first-order chi connectivity index (χ1) is 6.72. The third-order valence-corrected chi connectivity index (χ3v) is 2.96. The second-order valence-electron chi connectivity index (χ2n) is 2.91. The van der Waals surface area contributed by atoms with Gasteiger partial charge in [-0.3, -0.25) is 0 Å². The Morgan fingerprint density at radius 2 is 2.14 bits per heavy atom. The van der Waals surface area contributed by atoms with Crippen LogP contribution in [-0.4, -0.2) is 10.2 Å². The molecule has 2 aromatic rings. The number of hydrogen-bond donors (Lipinski definition) is 2. The molecule has 0 atom stereocenters. The fourth-order valence-corrected chi connectivity index (χ4v) is 2.21. The lowest BCUT2D eigenvalue weighted by Gasteiger charge is -1.99. The molecule has 0 radical (unpaired) electrons. The van der Waals surface area contributed by atoms with E-state index in [0.717, 1.165) is 16.7 Å². The van der Waals surface area contributed by atoms with Crippen LogP contribution >= 0.6 is 11.3 Å². The van der Waals surface area contributed by atoms with Crippen LogP contribution in [-0.2, 0) is 6.42 Å². The van der Waals surface area contributed by atoms with Crippen molar-refractivity contribution >= 4 is 21.4 Å². The van der Waals surface area contributed by atoms with Gasteiger partial charge in [-0.15, -0.1) is 0 Å². The van der Waals surface area contributed by atoms with Gasteiger partial charge in [0.1, 0.15) is 5.75 Å². The Labute approximate surface area is 84.5 Å². The van der Waals surface area contributed by atoms with Crippen LogP contribution in [0.4, 0.5) is 0 Å². The molecular formula is C10H7NO2S. The molecule has 0 aliphatic carbocycles. The molecule has 0 saturated carbocycles. The van der Waals surface area contributed by atoms with Crippen LogP contribution in [0.2, 0.25) is 0 Å². The quantitative estimate of drug-likeness (QED) is 0.751. The Morgan fingerprint density at radius 3 is 2.86 bits per heavy atom. The van der Waals surface area contributed by atoms with Gasteiger partial charge in [-0.2, -0.15) is 5.26 Å². The number of nitriles is 1. The molecular weight excluding hydrogens is 198 g/mol. The first-order valence-corrected chi connectivity index (χ1v) is 4.84. The summed E-state index contributed by atoms with van der Waals surface area (Å²) in [6, 6.07) is 7.06. The van der Waals surface area contributed by atoms with E-state index < -0.39 is 0 Å². The van der Waals surface area contributed by atoms with Crippen molar-refractivity contribution in [2.75, 3.05) is 0 Å². The molecule has 0 spiro atoms. The molecule has 4 heteroatoms. The average Bonchev–Trinajstić information content (AvgIpc) is 2.52. The van der Waals surface area contributed by atoms with Crippen LogP contribution in [0.5, 0.6) is 10.8 Å². The second-order valence-corrected chi connectivity index (χ2v) is 3.94. The van der Waals surface area contributed by atoms with Gasteiger partial charge < -0.3 is 10.2 Å². The molecule has 1 aromatic heterocycles. The van der Waals surface area contributed by atoms with Crippen LogP contribution in [0.25, 0.3) is 10.1 Å². The largest absolute Gasteiger partial charge is 0.506 e. The Balaban J connectivity index is 2.69. The first-order valence-electron chi connectivity index (χ1n) is 4.02. The summed E-state index contributed by atoms with van der Waals surface area (Å²) in [7, 11) is 0. The molecule has 0 aliphatic heterocycles. The summed E-state index contributed by atoms with van der Waals surface area (Å²) in [4.78, 5) is 0. The maximum Gasteiger partial charge on any atom is 0.172 e. The third kappa shape index (κ3) is 1.28. The summed E-state index contributed by atoms with van der Waals surface area (Å²) in [6.07, 6.45) is 0.181. The molecule has 3 nitrogen and oxygen atoms in total. The summed E-state index contributed by atoms with van der Waals surface area (Å²) in [5, 5.41) is 28.5. The normalized spacial score (nSPS) is 10.2. The average molecular weight is 205 g/mol.